The lowest BCUT2D eigenvalue weighted by Crippen LogP contribution is -2.26. The molecule has 0 bridgehead atoms. The van der Waals surface area contributed by atoms with Crippen LogP contribution in [0.2, 0.25) is 0 Å². The van der Waals surface area contributed by atoms with E-state index in [1.54, 1.807) is 0 Å². The van der Waals surface area contributed by atoms with Gasteiger partial charge >= 0.3 is 11.9 Å². The fourth-order valence-corrected chi connectivity index (χ4v) is 4.88. The van der Waals surface area contributed by atoms with E-state index in [2.05, 4.69) is 49.9 Å². The van der Waals surface area contributed by atoms with Gasteiger partial charge in [-0.2, -0.15) is 0 Å². The molecule has 4 rings (SSSR count). The van der Waals surface area contributed by atoms with Crippen molar-refractivity contribution in [1.29, 1.82) is 0 Å². The second-order valence-corrected chi connectivity index (χ2v) is 10.0. The van der Waals surface area contributed by atoms with Gasteiger partial charge < -0.3 is 14.4 Å². The molecule has 0 aromatic heterocycles. The van der Waals surface area contributed by atoms with Crippen LogP contribution in [0.5, 0.6) is 0 Å². The van der Waals surface area contributed by atoms with E-state index in [-0.39, 0.29) is 29.4 Å². The van der Waals surface area contributed by atoms with E-state index in [4.69, 9.17) is 9.47 Å². The Morgan fingerprint density at radius 1 is 0.686 bits per heavy atom. The summed E-state index contributed by atoms with van der Waals surface area (Å²) in [5.74, 6) is -0.665. The van der Waals surface area contributed by atoms with Crippen molar-refractivity contribution in [3.8, 4) is 0 Å². The molecule has 3 aromatic rings. The van der Waals surface area contributed by atoms with Crippen LogP contribution in [0.1, 0.15) is 83.1 Å². The molecule has 1 saturated heterocycles. The highest BCUT2D eigenvalue weighted by atomic mass is 16.5. The maximum Gasteiger partial charge on any atom is 0.337 e. The molecule has 2 atom stereocenters. The maximum atomic E-state index is 11.9. The third-order valence-corrected chi connectivity index (χ3v) is 6.85. The average Bonchev–Trinajstić information content (AvgIpc) is 3.32. The molecule has 0 radical (unpaired) electrons. The molecule has 35 heavy (non-hydrogen) atoms. The molecule has 0 saturated carbocycles. The van der Waals surface area contributed by atoms with Crippen molar-refractivity contribution in [1.82, 2.24) is 0 Å². The van der Waals surface area contributed by atoms with Crippen LogP contribution in [0.25, 0.3) is 0 Å². The highest BCUT2D eigenvalue weighted by molar-refractivity contribution is 5.89. The van der Waals surface area contributed by atoms with Crippen LogP contribution in [0.4, 0.5) is 5.69 Å². The zero-order valence-electron chi connectivity index (χ0n) is 21.1. The van der Waals surface area contributed by atoms with Crippen LogP contribution < -0.4 is 4.90 Å². The van der Waals surface area contributed by atoms with E-state index in [1.165, 1.54) is 19.8 Å². The minimum Gasteiger partial charge on any atom is -0.465 e. The lowest BCUT2D eigenvalue weighted by Gasteiger charge is -2.34. The summed E-state index contributed by atoms with van der Waals surface area (Å²) in [6.07, 6.45) is 1.95. The zero-order chi connectivity index (χ0) is 25.2. The van der Waals surface area contributed by atoms with Crippen molar-refractivity contribution in [2.24, 2.45) is 0 Å². The number of hydrogen-bond donors (Lipinski definition) is 0. The van der Waals surface area contributed by atoms with Crippen LogP contribution in [-0.4, -0.2) is 26.2 Å². The summed E-state index contributed by atoms with van der Waals surface area (Å²) in [6.45, 7) is 6.65. The van der Waals surface area contributed by atoms with Crippen molar-refractivity contribution in [3.63, 3.8) is 0 Å². The SMILES string of the molecule is COC(=O)c1ccc(C2CCC(c3ccc(C(=O)OC)cc3)N2c2ccc(C(C)(C)C)cc2)cc1. The minimum atomic E-state index is -0.332. The van der Waals surface area contributed by atoms with Gasteiger partial charge in [-0.1, -0.05) is 57.2 Å². The van der Waals surface area contributed by atoms with Gasteiger partial charge in [0, 0.05) is 5.69 Å². The fourth-order valence-electron chi connectivity index (χ4n) is 4.88. The molecule has 5 heteroatoms. The first-order valence-corrected chi connectivity index (χ1v) is 12.0. The molecule has 0 N–H and O–H groups in total. The van der Waals surface area contributed by atoms with E-state index in [0.717, 1.165) is 29.7 Å². The summed E-state index contributed by atoms with van der Waals surface area (Å²) in [6, 6.07) is 24.6. The van der Waals surface area contributed by atoms with E-state index < -0.39 is 0 Å². The lowest BCUT2D eigenvalue weighted by molar-refractivity contribution is 0.0592. The van der Waals surface area contributed by atoms with Gasteiger partial charge in [-0.25, -0.2) is 9.59 Å². The number of methoxy groups -OCH3 is 2. The van der Waals surface area contributed by atoms with Gasteiger partial charge in [0.1, 0.15) is 0 Å². The number of rotatable bonds is 5. The largest absolute Gasteiger partial charge is 0.465 e. The van der Waals surface area contributed by atoms with Crippen LogP contribution >= 0.6 is 0 Å². The van der Waals surface area contributed by atoms with Crippen LogP contribution in [0, 0.1) is 0 Å². The highest BCUT2D eigenvalue weighted by Crippen LogP contribution is 2.47. The molecule has 0 aliphatic carbocycles. The Kier molecular flexibility index (Phi) is 6.97. The molecule has 1 heterocycles. The van der Waals surface area contributed by atoms with E-state index in [0.29, 0.717) is 11.1 Å². The summed E-state index contributed by atoms with van der Waals surface area (Å²) in [7, 11) is 2.79. The van der Waals surface area contributed by atoms with Crippen LogP contribution in [-0.2, 0) is 14.9 Å². The number of hydrogen-bond acceptors (Lipinski definition) is 5. The van der Waals surface area contributed by atoms with E-state index in [9.17, 15) is 9.59 Å². The fraction of sp³-hybridized carbons (Fsp3) is 0.333. The van der Waals surface area contributed by atoms with Crippen molar-refractivity contribution in [3.05, 3.63) is 101 Å². The monoisotopic (exact) mass is 471 g/mol. The van der Waals surface area contributed by atoms with Crippen molar-refractivity contribution in [2.45, 2.75) is 51.1 Å². The smallest absolute Gasteiger partial charge is 0.337 e. The summed E-state index contributed by atoms with van der Waals surface area (Å²) < 4.78 is 9.72. The normalized spacial score (nSPS) is 17.8. The third-order valence-electron chi connectivity index (χ3n) is 6.85. The second kappa shape index (κ2) is 9.95. The Balaban J connectivity index is 1.71. The average molecular weight is 472 g/mol. The Bertz CT molecular complexity index is 1110. The topological polar surface area (TPSA) is 55.8 Å². The molecular formula is C30H33NO4. The predicted octanol–water partition coefficient (Wildman–Crippen LogP) is 6.64. The van der Waals surface area contributed by atoms with Gasteiger partial charge in [0.05, 0.1) is 37.4 Å². The van der Waals surface area contributed by atoms with Gasteiger partial charge in [-0.05, 0) is 71.3 Å². The standard InChI is InChI=1S/C30H33NO4/c1-30(2,3)24-14-16-25(17-15-24)31-26(20-6-10-22(11-7-20)28(32)34-4)18-19-27(31)21-8-12-23(13-9-21)29(33)35-5/h6-17,26-27H,18-19H2,1-5H3. The van der Waals surface area contributed by atoms with E-state index >= 15 is 0 Å². The summed E-state index contributed by atoms with van der Waals surface area (Å²) >= 11 is 0. The number of carbonyl (C=O) groups is 2. The predicted molar refractivity (Wildman–Crippen MR) is 138 cm³/mol. The van der Waals surface area contributed by atoms with Gasteiger partial charge in [0.25, 0.3) is 0 Å². The number of esters is 2. The number of carbonyl (C=O) groups excluding carboxylic acids is 2. The van der Waals surface area contributed by atoms with Crippen molar-refractivity contribution >= 4 is 17.6 Å². The molecule has 2 unspecified atom stereocenters. The summed E-state index contributed by atoms with van der Waals surface area (Å²) in [5.41, 5.74) is 5.93. The Labute approximate surface area is 207 Å². The summed E-state index contributed by atoms with van der Waals surface area (Å²) in [4.78, 5) is 26.3. The van der Waals surface area contributed by atoms with Crippen LogP contribution in [0.3, 0.4) is 0 Å². The first-order chi connectivity index (χ1) is 16.7. The highest BCUT2D eigenvalue weighted by Gasteiger charge is 2.35. The molecule has 3 aromatic carbocycles. The third kappa shape index (κ3) is 5.09. The molecule has 1 fully saturated rings. The Morgan fingerprint density at radius 2 is 1.09 bits per heavy atom. The molecule has 1 aliphatic heterocycles. The van der Waals surface area contributed by atoms with Gasteiger partial charge in [0.2, 0.25) is 0 Å². The lowest BCUT2D eigenvalue weighted by atomic mass is 9.87. The molecular weight excluding hydrogens is 438 g/mol. The molecule has 0 spiro atoms. The number of nitrogens with zero attached hydrogens (tertiary/aromatic N) is 1. The molecule has 182 valence electrons. The summed E-state index contributed by atoms with van der Waals surface area (Å²) in [5, 5.41) is 0. The molecule has 5 nitrogen and oxygen atoms in total. The van der Waals surface area contributed by atoms with Crippen LogP contribution in [0.15, 0.2) is 72.8 Å². The van der Waals surface area contributed by atoms with Crippen molar-refractivity contribution in [2.75, 3.05) is 19.1 Å². The zero-order valence-corrected chi connectivity index (χ0v) is 21.1. The molecule has 1 aliphatic rings. The first-order valence-electron chi connectivity index (χ1n) is 12.0. The number of anilines is 1. The Hall–Kier alpha value is -3.60. The molecule has 0 amide bonds. The Morgan fingerprint density at radius 3 is 1.43 bits per heavy atom. The van der Waals surface area contributed by atoms with Gasteiger partial charge in [-0.15, -0.1) is 0 Å². The van der Waals surface area contributed by atoms with Gasteiger partial charge in [-0.3, -0.25) is 0 Å². The van der Waals surface area contributed by atoms with Crippen molar-refractivity contribution < 1.29 is 19.1 Å². The van der Waals surface area contributed by atoms with Gasteiger partial charge in [0.15, 0.2) is 0 Å². The number of benzene rings is 3. The maximum absolute atomic E-state index is 11.9. The van der Waals surface area contributed by atoms with E-state index in [1.807, 2.05) is 48.5 Å². The minimum absolute atomic E-state index is 0.0791. The number of ether oxygens (including phenoxy) is 2. The first kappa shape index (κ1) is 24.5. The second-order valence-electron chi connectivity index (χ2n) is 10.0. The quantitative estimate of drug-likeness (QED) is 0.391.